The molecule has 2 atom stereocenters. The first-order chi connectivity index (χ1) is 8.33. The van der Waals surface area contributed by atoms with Crippen LogP contribution in [0.3, 0.4) is 0 Å². The Bertz CT molecular complexity index is 336. The Balaban J connectivity index is 1.96. The van der Waals surface area contributed by atoms with E-state index in [1.54, 1.807) is 7.11 Å². The molecule has 4 heteroatoms. The summed E-state index contributed by atoms with van der Waals surface area (Å²) in [5, 5.41) is 12.9. The summed E-state index contributed by atoms with van der Waals surface area (Å²) in [5.74, 6) is 3.79. The molecule has 2 unspecified atom stereocenters. The summed E-state index contributed by atoms with van der Waals surface area (Å²) in [4.78, 5) is 0. The molecule has 1 aromatic rings. The van der Waals surface area contributed by atoms with Gasteiger partial charge >= 0.3 is 0 Å². The fraction of sp³-hybridized carbons (Fsp3) is 0.538. The van der Waals surface area contributed by atoms with Gasteiger partial charge in [0.05, 0.1) is 19.8 Å². The Kier molecular flexibility index (Phi) is 4.57. The van der Waals surface area contributed by atoms with Gasteiger partial charge in [0.1, 0.15) is 5.75 Å². The minimum absolute atomic E-state index is 0.165. The first kappa shape index (κ1) is 12.6. The molecule has 3 nitrogen and oxygen atoms in total. The second-order valence-corrected chi connectivity index (χ2v) is 5.44. The number of thioether (sulfide) groups is 1. The van der Waals surface area contributed by atoms with E-state index in [1.807, 2.05) is 36.0 Å². The number of benzene rings is 1. The molecule has 1 fully saturated rings. The van der Waals surface area contributed by atoms with Crippen LogP contribution < -0.4 is 10.1 Å². The van der Waals surface area contributed by atoms with Crippen molar-refractivity contribution in [2.45, 2.75) is 12.5 Å². The lowest BCUT2D eigenvalue weighted by atomic mass is 9.99. The third-order valence-electron chi connectivity index (χ3n) is 3.17. The zero-order chi connectivity index (χ0) is 12.1. The fourth-order valence-corrected chi connectivity index (χ4v) is 3.42. The van der Waals surface area contributed by atoms with Crippen LogP contribution in [0.15, 0.2) is 24.3 Å². The minimum Gasteiger partial charge on any atom is -0.497 e. The third kappa shape index (κ3) is 3.30. The molecule has 0 radical (unpaired) electrons. The number of rotatable bonds is 5. The number of ether oxygens (including phenoxy) is 1. The molecule has 0 aliphatic carbocycles. The molecule has 1 aliphatic heterocycles. The predicted octanol–water partition coefficient (Wildman–Crippen LogP) is 2.22. The van der Waals surface area contributed by atoms with Crippen LogP contribution in [0.4, 0.5) is 5.69 Å². The quantitative estimate of drug-likeness (QED) is 0.844. The summed E-state index contributed by atoms with van der Waals surface area (Å²) < 4.78 is 5.12. The zero-order valence-electron chi connectivity index (χ0n) is 10.1. The number of methoxy groups -OCH3 is 1. The van der Waals surface area contributed by atoms with E-state index in [0.29, 0.717) is 5.92 Å². The molecule has 0 saturated carbocycles. The minimum atomic E-state index is 0.165. The van der Waals surface area contributed by atoms with Crippen molar-refractivity contribution in [1.29, 1.82) is 0 Å². The van der Waals surface area contributed by atoms with E-state index in [0.717, 1.165) is 17.2 Å². The second-order valence-electron chi connectivity index (χ2n) is 4.29. The molecule has 1 aliphatic rings. The summed E-state index contributed by atoms with van der Waals surface area (Å²) in [6.45, 7) is 0.192. The molecule has 0 bridgehead atoms. The summed E-state index contributed by atoms with van der Waals surface area (Å²) in [6.07, 6.45) is 1.19. The summed E-state index contributed by atoms with van der Waals surface area (Å²) >= 11 is 1.97. The van der Waals surface area contributed by atoms with Crippen LogP contribution in [0.1, 0.15) is 6.42 Å². The van der Waals surface area contributed by atoms with Gasteiger partial charge in [-0.3, -0.25) is 0 Å². The summed E-state index contributed by atoms with van der Waals surface area (Å²) in [7, 11) is 1.66. The highest BCUT2D eigenvalue weighted by Crippen LogP contribution is 2.28. The molecule has 0 amide bonds. The standard InChI is InChI=1S/C13H19NO2S/c1-16-12-4-2-11(3-5-12)14-13(8-15)10-6-7-17-9-10/h2-5,10,13-15H,6-9H2,1H3. The highest BCUT2D eigenvalue weighted by Gasteiger charge is 2.24. The second kappa shape index (κ2) is 6.17. The summed E-state index contributed by atoms with van der Waals surface area (Å²) in [6, 6.07) is 8.01. The molecular formula is C13H19NO2S. The maximum absolute atomic E-state index is 9.45. The number of hydrogen-bond donors (Lipinski definition) is 2. The highest BCUT2D eigenvalue weighted by molar-refractivity contribution is 7.99. The zero-order valence-corrected chi connectivity index (χ0v) is 10.9. The van der Waals surface area contributed by atoms with Gasteiger partial charge in [-0.2, -0.15) is 11.8 Å². The van der Waals surface area contributed by atoms with E-state index < -0.39 is 0 Å². The molecule has 1 aromatic carbocycles. The van der Waals surface area contributed by atoms with Crippen molar-refractivity contribution in [1.82, 2.24) is 0 Å². The lowest BCUT2D eigenvalue weighted by Crippen LogP contribution is -2.32. The monoisotopic (exact) mass is 253 g/mol. The van der Waals surface area contributed by atoms with Gasteiger partial charge in [0.25, 0.3) is 0 Å². The molecule has 0 aromatic heterocycles. The van der Waals surface area contributed by atoms with Gasteiger partial charge in [0.15, 0.2) is 0 Å². The molecule has 0 spiro atoms. The largest absolute Gasteiger partial charge is 0.497 e. The predicted molar refractivity (Wildman–Crippen MR) is 72.9 cm³/mol. The van der Waals surface area contributed by atoms with Crippen LogP contribution in [0.2, 0.25) is 0 Å². The van der Waals surface area contributed by atoms with Crippen molar-refractivity contribution in [2.75, 3.05) is 30.5 Å². The van der Waals surface area contributed by atoms with Crippen LogP contribution >= 0.6 is 11.8 Å². The Morgan fingerprint density at radius 2 is 2.24 bits per heavy atom. The Labute approximate surface area is 107 Å². The van der Waals surface area contributed by atoms with E-state index in [1.165, 1.54) is 12.2 Å². The lowest BCUT2D eigenvalue weighted by Gasteiger charge is -2.23. The van der Waals surface area contributed by atoms with Gasteiger partial charge in [-0.05, 0) is 48.1 Å². The first-order valence-electron chi connectivity index (χ1n) is 5.92. The first-order valence-corrected chi connectivity index (χ1v) is 7.08. The molecule has 17 heavy (non-hydrogen) atoms. The van der Waals surface area contributed by atoms with Crippen molar-refractivity contribution < 1.29 is 9.84 Å². The number of nitrogens with one attached hydrogen (secondary N) is 1. The average Bonchev–Trinajstić information content (AvgIpc) is 2.90. The van der Waals surface area contributed by atoms with Gasteiger partial charge in [-0.1, -0.05) is 0 Å². The molecule has 2 rings (SSSR count). The van der Waals surface area contributed by atoms with Crippen LogP contribution in [-0.2, 0) is 0 Å². The van der Waals surface area contributed by atoms with Gasteiger partial charge in [-0.15, -0.1) is 0 Å². The van der Waals surface area contributed by atoms with Crippen molar-refractivity contribution in [3.63, 3.8) is 0 Å². The number of aliphatic hydroxyl groups excluding tert-OH is 1. The maximum atomic E-state index is 9.45. The molecule has 94 valence electrons. The number of anilines is 1. The normalized spacial score (nSPS) is 21.2. The third-order valence-corrected chi connectivity index (χ3v) is 4.36. The van der Waals surface area contributed by atoms with E-state index in [9.17, 15) is 5.11 Å². The fourth-order valence-electron chi connectivity index (χ4n) is 2.08. The molecule has 1 saturated heterocycles. The highest BCUT2D eigenvalue weighted by atomic mass is 32.2. The van der Waals surface area contributed by atoms with E-state index in [4.69, 9.17) is 4.74 Å². The van der Waals surface area contributed by atoms with Crippen molar-refractivity contribution in [3.05, 3.63) is 24.3 Å². The Morgan fingerprint density at radius 3 is 2.76 bits per heavy atom. The SMILES string of the molecule is COc1ccc(NC(CO)C2CCSC2)cc1. The lowest BCUT2D eigenvalue weighted by molar-refractivity contribution is 0.245. The van der Waals surface area contributed by atoms with E-state index in [-0.39, 0.29) is 12.6 Å². The van der Waals surface area contributed by atoms with Gasteiger partial charge in [-0.25, -0.2) is 0 Å². The molecule has 1 heterocycles. The van der Waals surface area contributed by atoms with E-state index in [2.05, 4.69) is 5.32 Å². The topological polar surface area (TPSA) is 41.5 Å². The number of hydrogen-bond acceptors (Lipinski definition) is 4. The van der Waals surface area contributed by atoms with Crippen molar-refractivity contribution in [3.8, 4) is 5.75 Å². The van der Waals surface area contributed by atoms with E-state index >= 15 is 0 Å². The van der Waals surface area contributed by atoms with Crippen LogP contribution in [-0.4, -0.2) is 36.4 Å². The van der Waals surface area contributed by atoms with Crippen LogP contribution in [0, 0.1) is 5.92 Å². The van der Waals surface area contributed by atoms with Gasteiger partial charge in [0.2, 0.25) is 0 Å². The van der Waals surface area contributed by atoms with Crippen molar-refractivity contribution >= 4 is 17.4 Å². The van der Waals surface area contributed by atoms with Crippen LogP contribution in [0.25, 0.3) is 0 Å². The number of aliphatic hydroxyl groups is 1. The van der Waals surface area contributed by atoms with Gasteiger partial charge in [0, 0.05) is 5.69 Å². The van der Waals surface area contributed by atoms with Crippen LogP contribution in [0.5, 0.6) is 5.75 Å². The van der Waals surface area contributed by atoms with Gasteiger partial charge < -0.3 is 15.2 Å². The maximum Gasteiger partial charge on any atom is 0.119 e. The Morgan fingerprint density at radius 1 is 1.47 bits per heavy atom. The Hall–Kier alpha value is -0.870. The molecule has 2 N–H and O–H groups in total. The summed E-state index contributed by atoms with van der Waals surface area (Å²) in [5.41, 5.74) is 1.04. The average molecular weight is 253 g/mol. The smallest absolute Gasteiger partial charge is 0.119 e. The van der Waals surface area contributed by atoms with Crippen molar-refractivity contribution in [2.24, 2.45) is 5.92 Å². The molecular weight excluding hydrogens is 234 g/mol.